The number of rotatable bonds is 5. The fourth-order valence-corrected chi connectivity index (χ4v) is 3.22. The normalized spacial score (nSPS) is 18.9. The van der Waals surface area contributed by atoms with E-state index in [0.717, 1.165) is 30.3 Å². The maximum Gasteiger partial charge on any atom is 0.309 e. The molecular weight excluding hydrogens is 277 g/mol. The Morgan fingerprint density at radius 2 is 1.95 bits per heavy atom. The van der Waals surface area contributed by atoms with E-state index in [1.807, 2.05) is 6.92 Å². The van der Waals surface area contributed by atoms with Gasteiger partial charge >= 0.3 is 5.97 Å². The monoisotopic (exact) mass is 297 g/mol. The topological polar surface area (TPSA) is 40.5 Å². The molecule has 0 aromatic heterocycles. The molecule has 20 heavy (non-hydrogen) atoms. The zero-order chi connectivity index (χ0) is 14.6. The SMILES string of the molecule is CC1(C(=O)O)CCN(CCSc2ccc(F)cc2)CC1. The summed E-state index contributed by atoms with van der Waals surface area (Å²) in [6, 6.07) is 6.53. The van der Waals surface area contributed by atoms with Crippen LogP contribution in [0.3, 0.4) is 0 Å². The molecule has 1 aromatic rings. The summed E-state index contributed by atoms with van der Waals surface area (Å²) < 4.78 is 12.8. The van der Waals surface area contributed by atoms with Gasteiger partial charge < -0.3 is 10.0 Å². The van der Waals surface area contributed by atoms with Gasteiger partial charge in [-0.3, -0.25) is 4.79 Å². The van der Waals surface area contributed by atoms with E-state index in [-0.39, 0.29) is 5.82 Å². The van der Waals surface area contributed by atoms with Crippen LogP contribution >= 0.6 is 11.8 Å². The highest BCUT2D eigenvalue weighted by atomic mass is 32.2. The predicted molar refractivity (Wildman–Crippen MR) is 78.5 cm³/mol. The Hall–Kier alpha value is -1.07. The first kappa shape index (κ1) is 15.3. The molecule has 1 heterocycles. The van der Waals surface area contributed by atoms with Crippen LogP contribution < -0.4 is 0 Å². The molecule has 1 N–H and O–H groups in total. The quantitative estimate of drug-likeness (QED) is 0.848. The molecule has 0 amide bonds. The van der Waals surface area contributed by atoms with Crippen LogP contribution in [0.1, 0.15) is 19.8 Å². The Bertz CT molecular complexity index is 455. The van der Waals surface area contributed by atoms with Gasteiger partial charge in [0.05, 0.1) is 5.41 Å². The molecule has 0 aliphatic carbocycles. The van der Waals surface area contributed by atoms with E-state index >= 15 is 0 Å². The van der Waals surface area contributed by atoms with E-state index in [1.54, 1.807) is 23.9 Å². The molecule has 1 aliphatic rings. The second-order valence-corrected chi connectivity index (χ2v) is 6.68. The number of carbonyl (C=O) groups is 1. The van der Waals surface area contributed by atoms with Crippen molar-refractivity contribution in [2.75, 3.05) is 25.4 Å². The summed E-state index contributed by atoms with van der Waals surface area (Å²) >= 11 is 1.70. The lowest BCUT2D eigenvalue weighted by Gasteiger charge is -2.36. The highest BCUT2D eigenvalue weighted by Gasteiger charge is 2.36. The number of benzene rings is 1. The largest absolute Gasteiger partial charge is 0.481 e. The van der Waals surface area contributed by atoms with Crippen molar-refractivity contribution in [1.29, 1.82) is 0 Å². The van der Waals surface area contributed by atoms with Crippen LogP contribution in [0.4, 0.5) is 4.39 Å². The van der Waals surface area contributed by atoms with E-state index in [1.165, 1.54) is 12.1 Å². The van der Waals surface area contributed by atoms with Crippen molar-refractivity contribution in [3.8, 4) is 0 Å². The molecule has 0 bridgehead atoms. The third-order valence-corrected chi connectivity index (χ3v) is 4.96. The fraction of sp³-hybridized carbons (Fsp3) is 0.533. The lowest BCUT2D eigenvalue weighted by atomic mass is 9.80. The van der Waals surface area contributed by atoms with Crippen molar-refractivity contribution in [3.05, 3.63) is 30.1 Å². The lowest BCUT2D eigenvalue weighted by Crippen LogP contribution is -2.43. The first-order valence-electron chi connectivity index (χ1n) is 6.84. The van der Waals surface area contributed by atoms with Crippen LogP contribution in [0.2, 0.25) is 0 Å². The van der Waals surface area contributed by atoms with E-state index in [9.17, 15) is 14.3 Å². The molecule has 0 radical (unpaired) electrons. The van der Waals surface area contributed by atoms with Gasteiger partial charge in [-0.05, 0) is 57.1 Å². The summed E-state index contributed by atoms with van der Waals surface area (Å²) in [4.78, 5) is 14.5. The van der Waals surface area contributed by atoms with Gasteiger partial charge in [0.1, 0.15) is 5.82 Å². The lowest BCUT2D eigenvalue weighted by molar-refractivity contribution is -0.150. The van der Waals surface area contributed by atoms with Gasteiger partial charge in [0.2, 0.25) is 0 Å². The molecule has 110 valence electrons. The van der Waals surface area contributed by atoms with Crippen molar-refractivity contribution in [1.82, 2.24) is 4.90 Å². The van der Waals surface area contributed by atoms with E-state index in [0.29, 0.717) is 12.8 Å². The number of carboxylic acids is 1. The maximum absolute atomic E-state index is 12.8. The van der Waals surface area contributed by atoms with E-state index in [2.05, 4.69) is 4.90 Å². The minimum absolute atomic E-state index is 0.210. The van der Waals surface area contributed by atoms with Crippen LogP contribution in [-0.2, 0) is 4.79 Å². The first-order chi connectivity index (χ1) is 9.49. The van der Waals surface area contributed by atoms with Gasteiger partial charge in [0.25, 0.3) is 0 Å². The highest BCUT2D eigenvalue weighted by Crippen LogP contribution is 2.31. The first-order valence-corrected chi connectivity index (χ1v) is 7.82. The summed E-state index contributed by atoms with van der Waals surface area (Å²) in [5.74, 6) is 0.0475. The summed E-state index contributed by atoms with van der Waals surface area (Å²) in [5, 5.41) is 9.18. The zero-order valence-corrected chi connectivity index (χ0v) is 12.5. The van der Waals surface area contributed by atoms with Crippen molar-refractivity contribution in [2.45, 2.75) is 24.7 Å². The van der Waals surface area contributed by atoms with Crippen LogP contribution in [0, 0.1) is 11.2 Å². The standard InChI is InChI=1S/C15H20FNO2S/c1-15(14(18)19)6-8-17(9-7-15)10-11-20-13-4-2-12(16)3-5-13/h2-5H,6-11H2,1H3,(H,18,19). The number of aliphatic carboxylic acids is 1. The van der Waals surface area contributed by atoms with Gasteiger partial charge in [-0.2, -0.15) is 0 Å². The molecule has 1 aliphatic heterocycles. The van der Waals surface area contributed by atoms with E-state index < -0.39 is 11.4 Å². The molecule has 1 aromatic carbocycles. The van der Waals surface area contributed by atoms with Crippen LogP contribution in [0.5, 0.6) is 0 Å². The van der Waals surface area contributed by atoms with Crippen molar-refractivity contribution < 1.29 is 14.3 Å². The summed E-state index contributed by atoms with van der Waals surface area (Å²) in [6.07, 6.45) is 1.42. The molecular formula is C15H20FNO2S. The second kappa shape index (κ2) is 6.59. The number of likely N-dealkylation sites (tertiary alicyclic amines) is 1. The molecule has 5 heteroatoms. The third-order valence-electron chi connectivity index (χ3n) is 3.97. The maximum atomic E-state index is 12.8. The number of hydrogen-bond donors (Lipinski definition) is 1. The minimum Gasteiger partial charge on any atom is -0.481 e. The number of hydrogen-bond acceptors (Lipinski definition) is 3. The average molecular weight is 297 g/mol. The summed E-state index contributed by atoms with van der Waals surface area (Å²) in [6.45, 7) is 4.46. The minimum atomic E-state index is -0.683. The van der Waals surface area contributed by atoms with Gasteiger partial charge in [-0.25, -0.2) is 4.39 Å². The van der Waals surface area contributed by atoms with Gasteiger partial charge in [0, 0.05) is 17.2 Å². The number of halogens is 1. The van der Waals surface area contributed by atoms with Crippen LogP contribution in [0.15, 0.2) is 29.2 Å². The van der Waals surface area contributed by atoms with Gasteiger partial charge in [0.15, 0.2) is 0 Å². The number of carboxylic acid groups (broad SMARTS) is 1. The highest BCUT2D eigenvalue weighted by molar-refractivity contribution is 7.99. The number of thioether (sulfide) groups is 1. The molecule has 1 fully saturated rings. The molecule has 2 rings (SSSR count). The molecule has 3 nitrogen and oxygen atoms in total. The molecule has 0 atom stereocenters. The third kappa shape index (κ3) is 3.96. The van der Waals surface area contributed by atoms with Gasteiger partial charge in [-0.15, -0.1) is 11.8 Å². The molecule has 0 saturated carbocycles. The smallest absolute Gasteiger partial charge is 0.309 e. The molecule has 0 spiro atoms. The predicted octanol–water partition coefficient (Wildman–Crippen LogP) is 3.10. The average Bonchev–Trinajstić information content (AvgIpc) is 2.43. The summed E-state index contributed by atoms with van der Waals surface area (Å²) in [7, 11) is 0. The molecule has 1 saturated heterocycles. The van der Waals surface area contributed by atoms with Gasteiger partial charge in [-0.1, -0.05) is 0 Å². The Balaban J connectivity index is 1.71. The second-order valence-electron chi connectivity index (χ2n) is 5.51. The Kier molecular flexibility index (Phi) is 5.05. The Morgan fingerprint density at radius 3 is 2.50 bits per heavy atom. The zero-order valence-electron chi connectivity index (χ0n) is 11.6. The van der Waals surface area contributed by atoms with E-state index in [4.69, 9.17) is 0 Å². The van der Waals surface area contributed by atoms with Crippen LogP contribution in [-0.4, -0.2) is 41.4 Å². The Morgan fingerprint density at radius 1 is 1.35 bits per heavy atom. The van der Waals surface area contributed by atoms with Crippen molar-refractivity contribution >= 4 is 17.7 Å². The van der Waals surface area contributed by atoms with Crippen molar-refractivity contribution in [3.63, 3.8) is 0 Å². The van der Waals surface area contributed by atoms with Crippen LogP contribution in [0.25, 0.3) is 0 Å². The summed E-state index contributed by atoms with van der Waals surface area (Å²) in [5.41, 5.74) is -0.555. The molecule has 0 unspecified atom stereocenters. The number of piperidine rings is 1. The number of nitrogens with zero attached hydrogens (tertiary/aromatic N) is 1. The van der Waals surface area contributed by atoms with Crippen molar-refractivity contribution in [2.24, 2.45) is 5.41 Å². The fourth-order valence-electron chi connectivity index (χ4n) is 2.31. The Labute approximate surface area is 123 Å².